The lowest BCUT2D eigenvalue weighted by Crippen LogP contribution is -2.51. The van der Waals surface area contributed by atoms with E-state index in [2.05, 4.69) is 4.99 Å². The molecule has 0 spiro atoms. The second-order valence-electron chi connectivity index (χ2n) is 6.69. The van der Waals surface area contributed by atoms with E-state index in [1.54, 1.807) is 42.4 Å². The first-order valence-corrected chi connectivity index (χ1v) is 9.18. The number of aliphatic imine (C=N–C) groups is 1. The Hall–Kier alpha value is -3.46. The third-order valence-electron chi connectivity index (χ3n) is 5.11. The van der Waals surface area contributed by atoms with Crippen LogP contribution >= 0.6 is 11.8 Å². The van der Waals surface area contributed by atoms with Gasteiger partial charge in [-0.25, -0.2) is 0 Å². The van der Waals surface area contributed by atoms with E-state index in [0.717, 1.165) is 0 Å². The van der Waals surface area contributed by atoms with E-state index in [1.165, 1.54) is 11.8 Å². The molecule has 2 atom stereocenters. The van der Waals surface area contributed by atoms with Crippen LogP contribution in [0.2, 0.25) is 0 Å². The maximum atomic E-state index is 10.1. The zero-order chi connectivity index (χ0) is 20.5. The third kappa shape index (κ3) is 2.43. The zero-order valence-electron chi connectivity index (χ0n) is 15.5. The van der Waals surface area contributed by atoms with Gasteiger partial charge in [0.15, 0.2) is 10.6 Å². The van der Waals surface area contributed by atoms with Crippen molar-refractivity contribution in [3.63, 3.8) is 0 Å². The monoisotopic (exact) mass is 388 g/mol. The first-order valence-electron chi connectivity index (χ1n) is 8.36. The summed E-state index contributed by atoms with van der Waals surface area (Å²) >= 11 is 1.35. The predicted octanol–water partition coefficient (Wildman–Crippen LogP) is 2.78. The Kier molecular flexibility index (Phi) is 4.78. The summed E-state index contributed by atoms with van der Waals surface area (Å²) in [6.45, 7) is 0. The molecule has 1 heterocycles. The summed E-state index contributed by atoms with van der Waals surface area (Å²) in [6.07, 6.45) is 1.80. The molecule has 3 rings (SSSR count). The van der Waals surface area contributed by atoms with Gasteiger partial charge in [-0.2, -0.15) is 21.0 Å². The van der Waals surface area contributed by atoms with Crippen LogP contribution in [0, 0.1) is 56.2 Å². The quantitative estimate of drug-likeness (QED) is 0.764. The zero-order valence-corrected chi connectivity index (χ0v) is 16.4. The van der Waals surface area contributed by atoms with E-state index in [-0.39, 0.29) is 0 Å². The Balaban J connectivity index is 2.29. The summed E-state index contributed by atoms with van der Waals surface area (Å²) < 4.78 is 5.18. The largest absolute Gasteiger partial charge is 0.497 e. The Morgan fingerprint density at radius 2 is 1.57 bits per heavy atom. The number of ether oxygens (including phenoxy) is 1. The van der Waals surface area contributed by atoms with Crippen LogP contribution in [0.3, 0.4) is 0 Å². The van der Waals surface area contributed by atoms with E-state index >= 15 is 0 Å². The van der Waals surface area contributed by atoms with Crippen molar-refractivity contribution in [1.29, 1.82) is 21.0 Å². The van der Waals surface area contributed by atoms with Crippen LogP contribution in [0.25, 0.3) is 0 Å². The van der Waals surface area contributed by atoms with Crippen molar-refractivity contribution in [3.8, 4) is 30.0 Å². The number of allylic oxidation sites excluding steroid dienone is 1. The first-order chi connectivity index (χ1) is 13.4. The molecular formula is C20H16N6OS. The van der Waals surface area contributed by atoms with Crippen molar-refractivity contribution in [1.82, 2.24) is 4.90 Å². The van der Waals surface area contributed by atoms with Crippen LogP contribution in [0.15, 0.2) is 40.2 Å². The van der Waals surface area contributed by atoms with E-state index in [9.17, 15) is 21.0 Å². The molecular weight excluding hydrogens is 372 g/mol. The molecule has 0 aromatic heterocycles. The van der Waals surface area contributed by atoms with Crippen molar-refractivity contribution in [2.45, 2.75) is 12.0 Å². The van der Waals surface area contributed by atoms with Gasteiger partial charge in [0.05, 0.1) is 31.4 Å². The molecule has 2 aliphatic rings. The second-order valence-corrected chi connectivity index (χ2v) is 7.73. The van der Waals surface area contributed by atoms with Crippen molar-refractivity contribution in [2.24, 2.45) is 15.8 Å². The van der Waals surface area contributed by atoms with Crippen molar-refractivity contribution in [2.75, 3.05) is 21.2 Å². The number of fused-ring (bicyclic) bond motifs is 1. The SMILES string of the molecule is COc1ccc([C@@H]2C=C3SC(N(C)C)=N[C@@H]3C(C#N)(C#N)C2(C#N)C#N)cc1. The summed E-state index contributed by atoms with van der Waals surface area (Å²) in [7, 11) is 5.17. The minimum Gasteiger partial charge on any atom is -0.497 e. The number of nitriles is 4. The number of methoxy groups -OCH3 is 1. The lowest BCUT2D eigenvalue weighted by atomic mass is 9.53. The Bertz CT molecular complexity index is 1000. The van der Waals surface area contributed by atoms with Gasteiger partial charge in [-0.3, -0.25) is 4.99 Å². The molecule has 0 saturated carbocycles. The van der Waals surface area contributed by atoms with Crippen LogP contribution in [0.1, 0.15) is 11.5 Å². The number of thioether (sulfide) groups is 1. The van der Waals surface area contributed by atoms with Crippen LogP contribution < -0.4 is 4.74 Å². The normalized spacial score (nSPS) is 23.5. The fourth-order valence-corrected chi connectivity index (χ4v) is 4.67. The maximum absolute atomic E-state index is 10.1. The molecule has 7 nitrogen and oxygen atoms in total. The molecule has 0 radical (unpaired) electrons. The number of hydrogen-bond donors (Lipinski definition) is 0. The molecule has 0 N–H and O–H groups in total. The highest BCUT2D eigenvalue weighted by atomic mass is 32.2. The Morgan fingerprint density at radius 3 is 2.04 bits per heavy atom. The van der Waals surface area contributed by atoms with Crippen molar-refractivity contribution in [3.05, 3.63) is 40.8 Å². The molecule has 28 heavy (non-hydrogen) atoms. The highest BCUT2D eigenvalue weighted by Gasteiger charge is 2.67. The van der Waals surface area contributed by atoms with E-state index < -0.39 is 22.8 Å². The molecule has 1 aliphatic heterocycles. The number of rotatable bonds is 2. The second kappa shape index (κ2) is 6.93. The highest BCUT2D eigenvalue weighted by molar-refractivity contribution is 8.17. The standard InChI is InChI=1S/C20H16N6OS/c1-26(2)18-25-17-16(28-18)8-15(13-4-6-14(27-3)7-5-13)19(9-21,10-22)20(17,11-23)12-24/h4-8,15,17H,1-3H3/t15-,17-/m0/s1. The van der Waals surface area contributed by atoms with Crippen LogP contribution in [0.5, 0.6) is 5.75 Å². The summed E-state index contributed by atoms with van der Waals surface area (Å²) in [6, 6.07) is 14.1. The van der Waals surface area contributed by atoms with Gasteiger partial charge in [0.2, 0.25) is 5.41 Å². The number of nitrogens with zero attached hydrogens (tertiary/aromatic N) is 6. The first kappa shape index (κ1) is 19.3. The number of hydrogen-bond acceptors (Lipinski definition) is 8. The van der Waals surface area contributed by atoms with Gasteiger partial charge in [-0.1, -0.05) is 30.0 Å². The Morgan fingerprint density at radius 1 is 1.00 bits per heavy atom. The number of benzene rings is 1. The molecule has 0 amide bonds. The van der Waals surface area contributed by atoms with E-state index in [4.69, 9.17) is 4.74 Å². The average molecular weight is 388 g/mol. The topological polar surface area (TPSA) is 120 Å². The van der Waals surface area contributed by atoms with Gasteiger partial charge in [0.25, 0.3) is 0 Å². The van der Waals surface area contributed by atoms with Gasteiger partial charge in [-0.15, -0.1) is 0 Å². The summed E-state index contributed by atoms with van der Waals surface area (Å²) in [5, 5.41) is 40.9. The van der Waals surface area contributed by atoms with Crippen LogP contribution in [0.4, 0.5) is 0 Å². The van der Waals surface area contributed by atoms with E-state index in [0.29, 0.717) is 21.4 Å². The average Bonchev–Trinajstić information content (AvgIpc) is 3.17. The molecule has 0 fully saturated rings. The molecule has 1 aromatic carbocycles. The lowest BCUT2D eigenvalue weighted by Gasteiger charge is -2.42. The van der Waals surface area contributed by atoms with Crippen LogP contribution in [-0.2, 0) is 0 Å². The van der Waals surface area contributed by atoms with Gasteiger partial charge in [-0.05, 0) is 17.7 Å². The molecule has 1 aromatic rings. The highest BCUT2D eigenvalue weighted by Crippen LogP contribution is 2.60. The molecule has 0 saturated heterocycles. The molecule has 8 heteroatoms. The lowest BCUT2D eigenvalue weighted by molar-refractivity contribution is 0.232. The number of amidine groups is 1. The molecule has 1 aliphatic carbocycles. The Labute approximate surface area is 167 Å². The van der Waals surface area contributed by atoms with Crippen molar-refractivity contribution < 1.29 is 4.74 Å². The summed E-state index contributed by atoms with van der Waals surface area (Å²) in [5.41, 5.74) is -3.19. The van der Waals surface area contributed by atoms with Crippen molar-refractivity contribution >= 4 is 16.9 Å². The summed E-state index contributed by atoms with van der Waals surface area (Å²) in [5.74, 6) is -0.131. The molecule has 138 valence electrons. The summed E-state index contributed by atoms with van der Waals surface area (Å²) in [4.78, 5) is 7.01. The third-order valence-corrected chi connectivity index (χ3v) is 6.36. The van der Waals surface area contributed by atoms with Gasteiger partial charge < -0.3 is 9.64 Å². The minimum absolute atomic E-state index is 0.630. The smallest absolute Gasteiger partial charge is 0.203 e. The van der Waals surface area contributed by atoms with Gasteiger partial charge in [0.1, 0.15) is 11.8 Å². The van der Waals surface area contributed by atoms with Gasteiger partial charge >= 0.3 is 0 Å². The fourth-order valence-electron chi connectivity index (χ4n) is 3.58. The molecule has 0 bridgehead atoms. The van der Waals surface area contributed by atoms with Gasteiger partial charge in [0, 0.05) is 24.9 Å². The molecule has 0 unspecified atom stereocenters. The predicted molar refractivity (Wildman–Crippen MR) is 104 cm³/mol. The minimum atomic E-state index is -1.93. The van der Waals surface area contributed by atoms with Crippen LogP contribution in [-0.4, -0.2) is 37.3 Å². The fraction of sp³-hybridized carbons (Fsp3) is 0.350. The van der Waals surface area contributed by atoms with E-state index in [1.807, 2.05) is 38.4 Å². The maximum Gasteiger partial charge on any atom is 0.203 e.